The van der Waals surface area contributed by atoms with E-state index in [1.807, 2.05) is 24.3 Å². The number of benzene rings is 2. The number of hydrogen-bond acceptors (Lipinski definition) is 8. The van der Waals surface area contributed by atoms with E-state index in [9.17, 15) is 15.0 Å². The number of amides is 1. The SMILES string of the molecule is O=C1C(Cc2ccc(O)cc2)NC2=C(c3cc4sc5ccsc5c4s3)N=C(c3ccc(O)cc3)CN12. The van der Waals surface area contributed by atoms with Gasteiger partial charge in [0.15, 0.2) is 0 Å². The molecule has 0 radical (unpaired) electrons. The quantitative estimate of drug-likeness (QED) is 0.276. The zero-order valence-corrected chi connectivity index (χ0v) is 21.2. The molecule has 2 aliphatic rings. The Bertz CT molecular complexity index is 1710. The van der Waals surface area contributed by atoms with E-state index in [1.165, 1.54) is 18.8 Å². The number of nitrogens with zero attached hydrogens (tertiary/aromatic N) is 2. The molecule has 2 aromatic carbocycles. The first-order valence-electron chi connectivity index (χ1n) is 11.4. The second-order valence-electron chi connectivity index (χ2n) is 8.81. The number of nitrogens with one attached hydrogen (secondary N) is 1. The summed E-state index contributed by atoms with van der Waals surface area (Å²) >= 11 is 5.25. The molecule has 5 aromatic rings. The number of carbonyl (C=O) groups is 1. The molecule has 9 heteroatoms. The van der Waals surface area contributed by atoms with E-state index in [-0.39, 0.29) is 17.4 Å². The van der Waals surface area contributed by atoms with E-state index in [0.717, 1.165) is 33.2 Å². The Hall–Kier alpha value is -3.66. The van der Waals surface area contributed by atoms with E-state index in [4.69, 9.17) is 4.99 Å². The maximum absolute atomic E-state index is 13.6. The summed E-state index contributed by atoms with van der Waals surface area (Å²) in [6, 6.07) is 17.8. The number of hydrogen-bond donors (Lipinski definition) is 3. The molecule has 3 N–H and O–H groups in total. The molecular weight excluding hydrogens is 511 g/mol. The number of thiophene rings is 3. The van der Waals surface area contributed by atoms with E-state index in [0.29, 0.717) is 13.0 Å². The van der Waals surface area contributed by atoms with Crippen molar-refractivity contribution >= 4 is 70.1 Å². The number of rotatable bonds is 4. The van der Waals surface area contributed by atoms with Crippen LogP contribution in [0.2, 0.25) is 0 Å². The fourth-order valence-electron chi connectivity index (χ4n) is 4.70. The van der Waals surface area contributed by atoms with Crippen molar-refractivity contribution in [2.45, 2.75) is 12.5 Å². The highest BCUT2D eigenvalue weighted by molar-refractivity contribution is 7.38. The van der Waals surface area contributed by atoms with Crippen LogP contribution in [0.3, 0.4) is 0 Å². The third-order valence-corrected chi connectivity index (χ3v) is 10.1. The molecule has 1 amide bonds. The lowest BCUT2D eigenvalue weighted by molar-refractivity contribution is -0.127. The molecule has 7 rings (SSSR count). The summed E-state index contributed by atoms with van der Waals surface area (Å²) < 4.78 is 5.09. The Labute approximate surface area is 218 Å². The number of aromatic hydroxyl groups is 2. The average molecular weight is 530 g/mol. The van der Waals surface area contributed by atoms with Gasteiger partial charge in [-0.1, -0.05) is 12.1 Å². The Morgan fingerprint density at radius 3 is 2.47 bits per heavy atom. The lowest BCUT2D eigenvalue weighted by Crippen LogP contribution is -2.36. The lowest BCUT2D eigenvalue weighted by atomic mass is 10.1. The number of aliphatic imine (C=N–C) groups is 1. The third-order valence-electron chi connectivity index (χ3n) is 6.49. The van der Waals surface area contributed by atoms with Crippen LogP contribution < -0.4 is 5.32 Å². The molecule has 5 heterocycles. The minimum Gasteiger partial charge on any atom is -0.508 e. The van der Waals surface area contributed by atoms with Gasteiger partial charge in [-0.05, 0) is 65.0 Å². The summed E-state index contributed by atoms with van der Waals surface area (Å²) in [5.41, 5.74) is 3.39. The molecule has 0 bridgehead atoms. The monoisotopic (exact) mass is 529 g/mol. The van der Waals surface area contributed by atoms with E-state index in [1.54, 1.807) is 63.2 Å². The first-order valence-corrected chi connectivity index (χ1v) is 13.9. The van der Waals surface area contributed by atoms with Gasteiger partial charge in [-0.15, -0.1) is 34.0 Å². The number of fused-ring (bicyclic) bond motifs is 4. The number of phenolic OH excluding ortho intramolecular Hbond substituents is 2. The van der Waals surface area contributed by atoms with Gasteiger partial charge in [-0.3, -0.25) is 9.69 Å². The van der Waals surface area contributed by atoms with Gasteiger partial charge >= 0.3 is 0 Å². The summed E-state index contributed by atoms with van der Waals surface area (Å²) in [5, 5.41) is 25.0. The van der Waals surface area contributed by atoms with Crippen LogP contribution in [-0.2, 0) is 11.2 Å². The molecule has 36 heavy (non-hydrogen) atoms. The first-order chi connectivity index (χ1) is 17.5. The Morgan fingerprint density at radius 1 is 0.944 bits per heavy atom. The highest BCUT2D eigenvalue weighted by atomic mass is 32.1. The molecule has 6 nitrogen and oxygen atoms in total. The van der Waals surface area contributed by atoms with Gasteiger partial charge in [0, 0.05) is 15.8 Å². The molecule has 1 unspecified atom stereocenters. The molecule has 178 valence electrons. The molecule has 1 fully saturated rings. The van der Waals surface area contributed by atoms with Gasteiger partial charge in [-0.25, -0.2) is 4.99 Å². The zero-order valence-electron chi connectivity index (χ0n) is 18.8. The van der Waals surface area contributed by atoms with Crippen LogP contribution in [0.1, 0.15) is 16.0 Å². The number of carbonyl (C=O) groups excluding carboxylic acids is 1. The summed E-state index contributed by atoms with van der Waals surface area (Å²) in [4.78, 5) is 21.5. The summed E-state index contributed by atoms with van der Waals surface area (Å²) in [7, 11) is 0. The highest BCUT2D eigenvalue weighted by Gasteiger charge is 2.40. The Kier molecular flexibility index (Phi) is 4.92. The van der Waals surface area contributed by atoms with Crippen molar-refractivity contribution in [3.05, 3.63) is 87.9 Å². The van der Waals surface area contributed by atoms with Gasteiger partial charge in [0.25, 0.3) is 5.91 Å². The average Bonchev–Trinajstić information content (AvgIpc) is 3.63. The van der Waals surface area contributed by atoms with Crippen LogP contribution in [0.15, 0.2) is 76.9 Å². The van der Waals surface area contributed by atoms with Crippen molar-refractivity contribution in [1.82, 2.24) is 10.2 Å². The fraction of sp³-hybridized carbons (Fsp3) is 0.111. The zero-order chi connectivity index (χ0) is 24.4. The predicted molar refractivity (Wildman–Crippen MR) is 147 cm³/mol. The van der Waals surface area contributed by atoms with Crippen LogP contribution in [0.5, 0.6) is 11.5 Å². The lowest BCUT2D eigenvalue weighted by Gasteiger charge is -2.25. The molecule has 0 aliphatic carbocycles. The normalized spacial score (nSPS) is 17.7. The van der Waals surface area contributed by atoms with Crippen molar-refractivity contribution < 1.29 is 15.0 Å². The van der Waals surface area contributed by atoms with Gasteiger partial charge < -0.3 is 15.5 Å². The largest absolute Gasteiger partial charge is 0.508 e. The Morgan fingerprint density at radius 2 is 1.69 bits per heavy atom. The maximum atomic E-state index is 13.6. The summed E-state index contributed by atoms with van der Waals surface area (Å²) in [5.74, 6) is 1.14. The molecule has 1 atom stereocenters. The maximum Gasteiger partial charge on any atom is 0.251 e. The van der Waals surface area contributed by atoms with Crippen LogP contribution in [0, 0.1) is 0 Å². The van der Waals surface area contributed by atoms with Crippen LogP contribution in [0.25, 0.3) is 24.5 Å². The van der Waals surface area contributed by atoms with Gasteiger partial charge in [0.05, 0.1) is 26.5 Å². The Balaban J connectivity index is 1.32. The topological polar surface area (TPSA) is 85.2 Å². The standard InChI is InChI=1S/C27H19N3O3S3/c31-16-5-1-14(2-6-16)11-18-27(33)30-13-19(15-3-7-17(32)8-4-15)28-23(26(30)29-18)21-12-22-25(36-21)24-20(35-22)9-10-34-24/h1-10,12,18,29,31-32H,11,13H2. The predicted octanol–water partition coefficient (Wildman–Crippen LogP) is 5.76. The molecular formula is C27H19N3O3S3. The van der Waals surface area contributed by atoms with Crippen molar-refractivity contribution in [2.75, 3.05) is 6.54 Å². The van der Waals surface area contributed by atoms with Crippen LogP contribution >= 0.6 is 34.0 Å². The third kappa shape index (κ3) is 3.50. The van der Waals surface area contributed by atoms with Crippen molar-refractivity contribution in [1.29, 1.82) is 0 Å². The minimum atomic E-state index is -0.418. The number of phenols is 2. The molecule has 2 aliphatic heterocycles. The van der Waals surface area contributed by atoms with Crippen molar-refractivity contribution in [3.63, 3.8) is 0 Å². The minimum absolute atomic E-state index is 0.000712. The fourth-order valence-corrected chi connectivity index (χ4v) is 8.46. The van der Waals surface area contributed by atoms with E-state index < -0.39 is 6.04 Å². The van der Waals surface area contributed by atoms with Crippen molar-refractivity contribution in [3.8, 4) is 11.5 Å². The van der Waals surface area contributed by atoms with Gasteiger partial charge in [-0.2, -0.15) is 0 Å². The van der Waals surface area contributed by atoms with Crippen molar-refractivity contribution in [2.24, 2.45) is 4.99 Å². The summed E-state index contributed by atoms with van der Waals surface area (Å²) in [6.07, 6.45) is 0.510. The second kappa shape index (κ2) is 8.19. The van der Waals surface area contributed by atoms with Crippen LogP contribution in [0.4, 0.5) is 0 Å². The first kappa shape index (κ1) is 21.6. The smallest absolute Gasteiger partial charge is 0.251 e. The van der Waals surface area contributed by atoms with Gasteiger partial charge in [0.2, 0.25) is 0 Å². The second-order valence-corrected chi connectivity index (χ2v) is 11.9. The molecule has 3 aromatic heterocycles. The van der Waals surface area contributed by atoms with E-state index in [2.05, 4.69) is 22.8 Å². The van der Waals surface area contributed by atoms with Gasteiger partial charge in [0.1, 0.15) is 29.1 Å². The summed E-state index contributed by atoms with van der Waals surface area (Å²) in [6.45, 7) is 0.358. The van der Waals surface area contributed by atoms with E-state index >= 15 is 0 Å². The molecule has 0 saturated carbocycles. The molecule has 0 spiro atoms. The highest BCUT2D eigenvalue weighted by Crippen LogP contribution is 2.45. The van der Waals surface area contributed by atoms with Crippen LogP contribution in [-0.4, -0.2) is 39.3 Å². The molecule has 1 saturated heterocycles.